The maximum absolute atomic E-state index is 11.5. The second kappa shape index (κ2) is 6.18. The SMILES string of the molecule is O=c1[nH]c2ccc(C=C3c4ccccc4COc4cc(Cl)ccc43)cc2[nH]1. The number of benzene rings is 3. The first kappa shape index (κ1) is 16.0. The van der Waals surface area contributed by atoms with Crippen LogP contribution < -0.4 is 10.4 Å². The number of halogens is 1. The van der Waals surface area contributed by atoms with Crippen molar-refractivity contribution >= 4 is 34.3 Å². The number of hydrogen-bond acceptors (Lipinski definition) is 2. The van der Waals surface area contributed by atoms with Gasteiger partial charge in [-0.15, -0.1) is 0 Å². The van der Waals surface area contributed by atoms with Gasteiger partial charge in [0.1, 0.15) is 12.4 Å². The molecule has 0 bridgehead atoms. The lowest BCUT2D eigenvalue weighted by atomic mass is 9.92. The Bertz CT molecular complexity index is 1270. The van der Waals surface area contributed by atoms with Crippen LogP contribution in [0.15, 0.2) is 65.5 Å². The van der Waals surface area contributed by atoms with Gasteiger partial charge in [-0.1, -0.05) is 41.9 Å². The normalized spacial score (nSPS) is 14.5. The van der Waals surface area contributed by atoms with Crippen LogP contribution in [-0.4, -0.2) is 9.97 Å². The summed E-state index contributed by atoms with van der Waals surface area (Å²) in [7, 11) is 0. The van der Waals surface area contributed by atoms with E-state index in [0.717, 1.165) is 44.6 Å². The molecule has 0 aliphatic carbocycles. The maximum atomic E-state index is 11.5. The molecule has 0 saturated carbocycles. The van der Waals surface area contributed by atoms with E-state index in [1.165, 1.54) is 0 Å². The second-order valence-electron chi connectivity index (χ2n) is 6.53. The van der Waals surface area contributed by atoms with Crippen LogP contribution in [0.3, 0.4) is 0 Å². The van der Waals surface area contributed by atoms with Crippen molar-refractivity contribution < 1.29 is 4.74 Å². The maximum Gasteiger partial charge on any atom is 0.323 e. The van der Waals surface area contributed by atoms with Crippen LogP contribution in [0.25, 0.3) is 22.7 Å². The van der Waals surface area contributed by atoms with Gasteiger partial charge in [0.25, 0.3) is 0 Å². The standard InChI is InChI=1S/C22H15ClN2O2/c23-15-6-7-17-18(9-13-5-8-19-20(10-13)25-22(26)24-19)16-4-2-1-3-14(16)12-27-21(17)11-15/h1-11H,12H2,(H2,24,25,26). The lowest BCUT2D eigenvalue weighted by Crippen LogP contribution is -1.99. The summed E-state index contributed by atoms with van der Waals surface area (Å²) in [6.07, 6.45) is 2.12. The third-order valence-corrected chi connectivity index (χ3v) is 5.01. The number of fused-ring (bicyclic) bond motifs is 3. The molecule has 3 aromatic carbocycles. The molecule has 0 amide bonds. The van der Waals surface area contributed by atoms with Gasteiger partial charge in [0.05, 0.1) is 11.0 Å². The Labute approximate surface area is 160 Å². The quantitative estimate of drug-likeness (QED) is 0.493. The highest BCUT2D eigenvalue weighted by Crippen LogP contribution is 2.39. The Hall–Kier alpha value is -3.24. The monoisotopic (exact) mass is 374 g/mol. The fourth-order valence-corrected chi connectivity index (χ4v) is 3.67. The summed E-state index contributed by atoms with van der Waals surface area (Å²) in [5.41, 5.74) is 6.66. The van der Waals surface area contributed by atoms with Gasteiger partial charge < -0.3 is 14.7 Å². The number of nitrogens with one attached hydrogen (secondary N) is 2. The molecular weight excluding hydrogens is 360 g/mol. The van der Waals surface area contributed by atoms with Crippen molar-refractivity contribution in [1.29, 1.82) is 0 Å². The Balaban J connectivity index is 1.75. The van der Waals surface area contributed by atoms with E-state index >= 15 is 0 Å². The van der Waals surface area contributed by atoms with Crippen molar-refractivity contribution in [3.63, 3.8) is 0 Å². The summed E-state index contributed by atoms with van der Waals surface area (Å²) in [5.74, 6) is 0.765. The second-order valence-corrected chi connectivity index (χ2v) is 6.96. The van der Waals surface area contributed by atoms with E-state index < -0.39 is 0 Å². The molecule has 2 N–H and O–H groups in total. The number of hydrogen-bond donors (Lipinski definition) is 2. The molecule has 5 rings (SSSR count). The molecule has 4 nitrogen and oxygen atoms in total. The zero-order valence-corrected chi connectivity index (χ0v) is 15.0. The minimum absolute atomic E-state index is 0.206. The van der Waals surface area contributed by atoms with Crippen LogP contribution in [0.4, 0.5) is 0 Å². The van der Waals surface area contributed by atoms with E-state index in [2.05, 4.69) is 28.2 Å². The predicted molar refractivity (Wildman–Crippen MR) is 108 cm³/mol. The Morgan fingerprint density at radius 2 is 1.78 bits per heavy atom. The summed E-state index contributed by atoms with van der Waals surface area (Å²) < 4.78 is 6.02. The van der Waals surface area contributed by atoms with Gasteiger partial charge in [0, 0.05) is 10.6 Å². The summed E-state index contributed by atoms with van der Waals surface area (Å²) in [4.78, 5) is 17.1. The van der Waals surface area contributed by atoms with Crippen molar-refractivity contribution in [2.45, 2.75) is 6.61 Å². The fraction of sp³-hybridized carbons (Fsp3) is 0.0455. The molecule has 4 aromatic rings. The van der Waals surface area contributed by atoms with Crippen LogP contribution in [-0.2, 0) is 6.61 Å². The molecule has 2 heterocycles. The van der Waals surface area contributed by atoms with E-state index in [-0.39, 0.29) is 5.69 Å². The van der Waals surface area contributed by atoms with Gasteiger partial charge in [-0.25, -0.2) is 4.79 Å². The number of aromatic amines is 2. The Kier molecular flexibility index (Phi) is 3.66. The van der Waals surface area contributed by atoms with Crippen LogP contribution in [0, 0.1) is 0 Å². The van der Waals surface area contributed by atoms with E-state index in [9.17, 15) is 4.79 Å². The highest BCUT2D eigenvalue weighted by molar-refractivity contribution is 6.30. The van der Waals surface area contributed by atoms with Gasteiger partial charge in [-0.05, 0) is 58.7 Å². The Morgan fingerprint density at radius 3 is 2.70 bits per heavy atom. The van der Waals surface area contributed by atoms with Gasteiger partial charge in [-0.3, -0.25) is 0 Å². The molecule has 27 heavy (non-hydrogen) atoms. The van der Waals surface area contributed by atoms with Crippen LogP contribution in [0.2, 0.25) is 5.02 Å². The summed E-state index contributed by atoms with van der Waals surface area (Å²) in [6.45, 7) is 0.491. The number of rotatable bonds is 1. The van der Waals surface area contributed by atoms with E-state index in [0.29, 0.717) is 11.6 Å². The number of aromatic nitrogens is 2. The van der Waals surface area contributed by atoms with Crippen molar-refractivity contribution in [2.24, 2.45) is 0 Å². The fourth-order valence-electron chi connectivity index (χ4n) is 3.51. The number of imidazole rings is 1. The molecule has 0 atom stereocenters. The molecule has 0 spiro atoms. The molecule has 0 saturated heterocycles. The van der Waals surface area contributed by atoms with Crippen molar-refractivity contribution in [1.82, 2.24) is 9.97 Å². The minimum atomic E-state index is -0.206. The van der Waals surface area contributed by atoms with E-state index in [4.69, 9.17) is 16.3 Å². The largest absolute Gasteiger partial charge is 0.488 e. The van der Waals surface area contributed by atoms with Crippen LogP contribution >= 0.6 is 11.6 Å². The third kappa shape index (κ3) is 2.84. The molecule has 1 aliphatic heterocycles. The summed E-state index contributed by atoms with van der Waals surface area (Å²) >= 11 is 6.18. The highest BCUT2D eigenvalue weighted by Gasteiger charge is 2.19. The predicted octanol–water partition coefficient (Wildman–Crippen LogP) is 4.99. The van der Waals surface area contributed by atoms with Crippen molar-refractivity contribution in [3.05, 3.63) is 98.4 Å². The zero-order chi connectivity index (χ0) is 18.4. The molecule has 1 aliphatic rings. The molecular formula is C22H15ClN2O2. The van der Waals surface area contributed by atoms with Gasteiger partial charge in [0.2, 0.25) is 0 Å². The highest BCUT2D eigenvalue weighted by atomic mass is 35.5. The molecule has 1 aromatic heterocycles. The molecule has 0 unspecified atom stereocenters. The topological polar surface area (TPSA) is 57.9 Å². The van der Waals surface area contributed by atoms with Gasteiger partial charge in [-0.2, -0.15) is 0 Å². The molecule has 132 valence electrons. The molecule has 0 fully saturated rings. The minimum Gasteiger partial charge on any atom is -0.488 e. The molecule has 0 radical (unpaired) electrons. The summed E-state index contributed by atoms with van der Waals surface area (Å²) in [6, 6.07) is 19.8. The summed E-state index contributed by atoms with van der Waals surface area (Å²) in [5, 5.41) is 0.644. The van der Waals surface area contributed by atoms with Gasteiger partial charge >= 0.3 is 5.69 Å². The van der Waals surface area contributed by atoms with E-state index in [1.54, 1.807) is 0 Å². The first-order valence-corrected chi connectivity index (χ1v) is 9.00. The lowest BCUT2D eigenvalue weighted by Gasteiger charge is -2.11. The van der Waals surface area contributed by atoms with Crippen LogP contribution in [0.5, 0.6) is 5.75 Å². The first-order chi connectivity index (χ1) is 13.2. The number of H-pyrrole nitrogens is 2. The average Bonchev–Trinajstić information content (AvgIpc) is 2.97. The Morgan fingerprint density at radius 1 is 0.926 bits per heavy atom. The van der Waals surface area contributed by atoms with Crippen molar-refractivity contribution in [3.8, 4) is 5.75 Å². The number of ether oxygens (including phenoxy) is 1. The van der Waals surface area contributed by atoms with E-state index in [1.807, 2.05) is 48.5 Å². The zero-order valence-electron chi connectivity index (χ0n) is 14.3. The van der Waals surface area contributed by atoms with Gasteiger partial charge in [0.15, 0.2) is 0 Å². The smallest absolute Gasteiger partial charge is 0.323 e. The molecule has 5 heteroatoms. The average molecular weight is 375 g/mol. The van der Waals surface area contributed by atoms with Crippen LogP contribution in [0.1, 0.15) is 22.3 Å². The first-order valence-electron chi connectivity index (χ1n) is 8.62. The lowest BCUT2D eigenvalue weighted by molar-refractivity contribution is 0.307. The van der Waals surface area contributed by atoms with Crippen molar-refractivity contribution in [2.75, 3.05) is 0 Å². The third-order valence-electron chi connectivity index (χ3n) is 4.78.